The molecule has 0 aromatic heterocycles. The van der Waals surface area contributed by atoms with Gasteiger partial charge in [-0.15, -0.1) is 0 Å². The molecule has 0 saturated carbocycles. The molecule has 1 atom stereocenters. The molecule has 130 valence electrons. The highest BCUT2D eigenvalue weighted by molar-refractivity contribution is 5.99. The molecule has 1 aliphatic heterocycles. The number of nitrogens with zero attached hydrogens (tertiary/aromatic N) is 1. The second kappa shape index (κ2) is 7.38. The van der Waals surface area contributed by atoms with Gasteiger partial charge in [-0.3, -0.25) is 5.43 Å². The third kappa shape index (κ3) is 3.36. The summed E-state index contributed by atoms with van der Waals surface area (Å²) in [6, 6.07) is 14.3. The Labute approximate surface area is 147 Å². The van der Waals surface area contributed by atoms with Crippen molar-refractivity contribution in [1.82, 2.24) is 5.43 Å². The fraction of sp³-hybridized carbons (Fsp3) is 0.300. The highest BCUT2D eigenvalue weighted by Gasteiger charge is 2.31. The van der Waals surface area contributed by atoms with Gasteiger partial charge in [0.25, 0.3) is 0 Å². The Morgan fingerprint density at radius 2 is 1.92 bits per heavy atom. The Hall–Kier alpha value is -2.82. The summed E-state index contributed by atoms with van der Waals surface area (Å²) >= 11 is 0. The van der Waals surface area contributed by atoms with E-state index in [9.17, 15) is 4.79 Å². The van der Waals surface area contributed by atoms with Gasteiger partial charge in [0.1, 0.15) is 5.76 Å². The molecule has 0 spiro atoms. The number of ether oxygens (including phenoxy) is 2. The van der Waals surface area contributed by atoms with E-state index in [4.69, 9.17) is 9.47 Å². The topological polar surface area (TPSA) is 59.9 Å². The van der Waals surface area contributed by atoms with Crippen molar-refractivity contribution in [3.8, 4) is 0 Å². The monoisotopic (exact) mass is 338 g/mol. The van der Waals surface area contributed by atoms with E-state index in [0.717, 1.165) is 28.5 Å². The van der Waals surface area contributed by atoms with Crippen molar-refractivity contribution >= 4 is 22.6 Å². The number of allylic oxidation sites excluding steroid dienone is 2. The zero-order valence-electron chi connectivity index (χ0n) is 14.7. The molecule has 1 N–H and O–H groups in total. The van der Waals surface area contributed by atoms with Crippen LogP contribution in [-0.4, -0.2) is 18.5 Å². The molecule has 25 heavy (non-hydrogen) atoms. The molecule has 1 aliphatic rings. The zero-order chi connectivity index (χ0) is 17.8. The number of benzene rings is 2. The maximum Gasteiger partial charge on any atom is 0.513 e. The number of nitrogens with one attached hydrogen (secondary N) is 1. The minimum Gasteiger partial charge on any atom is -0.434 e. The van der Waals surface area contributed by atoms with Crippen LogP contribution in [-0.2, 0) is 9.47 Å². The Morgan fingerprint density at radius 3 is 2.68 bits per heavy atom. The van der Waals surface area contributed by atoms with Crippen LogP contribution in [0.5, 0.6) is 0 Å². The Morgan fingerprint density at radius 1 is 1.16 bits per heavy atom. The lowest BCUT2D eigenvalue weighted by Gasteiger charge is -2.28. The highest BCUT2D eigenvalue weighted by atomic mass is 16.7. The van der Waals surface area contributed by atoms with Gasteiger partial charge in [-0.05, 0) is 36.6 Å². The maximum absolute atomic E-state index is 11.9. The molecule has 2 aromatic carbocycles. The van der Waals surface area contributed by atoms with Gasteiger partial charge >= 0.3 is 6.16 Å². The molecular formula is C20H22N2O3. The lowest BCUT2D eigenvalue weighted by atomic mass is 9.86. The van der Waals surface area contributed by atoms with E-state index in [2.05, 4.69) is 34.8 Å². The molecular weight excluding hydrogens is 316 g/mol. The Kier molecular flexibility index (Phi) is 5.03. The van der Waals surface area contributed by atoms with Gasteiger partial charge in [-0.1, -0.05) is 49.4 Å². The molecule has 5 nitrogen and oxygen atoms in total. The van der Waals surface area contributed by atoms with E-state index in [1.165, 1.54) is 0 Å². The first-order valence-electron chi connectivity index (χ1n) is 8.51. The smallest absolute Gasteiger partial charge is 0.434 e. The van der Waals surface area contributed by atoms with Crippen LogP contribution in [0.15, 0.2) is 59.0 Å². The number of hydrazone groups is 1. The van der Waals surface area contributed by atoms with Gasteiger partial charge in [-0.2, -0.15) is 5.10 Å². The lowest BCUT2D eigenvalue weighted by molar-refractivity contribution is 0.0779. The van der Waals surface area contributed by atoms with Gasteiger partial charge in [0.2, 0.25) is 0 Å². The molecule has 5 heteroatoms. The predicted molar refractivity (Wildman–Crippen MR) is 98.4 cm³/mol. The largest absolute Gasteiger partial charge is 0.513 e. The maximum atomic E-state index is 11.9. The number of carbonyl (C=O) groups excluding carboxylic acids is 1. The summed E-state index contributed by atoms with van der Waals surface area (Å²) < 4.78 is 10.5. The summed E-state index contributed by atoms with van der Waals surface area (Å²) in [7, 11) is 0. The molecule has 0 radical (unpaired) electrons. The van der Waals surface area contributed by atoms with E-state index < -0.39 is 6.16 Å². The summed E-state index contributed by atoms with van der Waals surface area (Å²) in [5.41, 5.74) is 5.66. The van der Waals surface area contributed by atoms with Crippen molar-refractivity contribution in [1.29, 1.82) is 0 Å². The van der Waals surface area contributed by atoms with E-state index in [0.29, 0.717) is 11.5 Å². The fourth-order valence-corrected chi connectivity index (χ4v) is 3.12. The first-order valence-corrected chi connectivity index (χ1v) is 8.51. The van der Waals surface area contributed by atoms with E-state index in [1.807, 2.05) is 32.0 Å². The summed E-state index contributed by atoms with van der Waals surface area (Å²) in [6.45, 7) is 5.92. The minimum atomic E-state index is -0.693. The van der Waals surface area contributed by atoms with Crippen LogP contribution in [0.2, 0.25) is 0 Å². The van der Waals surface area contributed by atoms with Crippen molar-refractivity contribution in [2.75, 3.05) is 6.61 Å². The molecule has 1 heterocycles. The Bertz CT molecular complexity index is 850. The summed E-state index contributed by atoms with van der Waals surface area (Å²) in [6.07, 6.45) is 0.0466. The van der Waals surface area contributed by atoms with Crippen molar-refractivity contribution in [3.63, 3.8) is 0 Å². The molecule has 2 aromatic rings. The van der Waals surface area contributed by atoms with Crippen LogP contribution in [0.4, 0.5) is 4.79 Å². The van der Waals surface area contributed by atoms with Crippen molar-refractivity contribution in [2.24, 2.45) is 5.10 Å². The third-order valence-corrected chi connectivity index (χ3v) is 4.28. The highest BCUT2D eigenvalue weighted by Crippen LogP contribution is 2.36. The molecule has 0 bridgehead atoms. The summed E-state index contributed by atoms with van der Waals surface area (Å²) in [5.74, 6) is 0.323. The molecule has 0 amide bonds. The molecule has 3 rings (SSSR count). The lowest BCUT2D eigenvalue weighted by Crippen LogP contribution is -2.28. The van der Waals surface area contributed by atoms with Gasteiger partial charge < -0.3 is 9.47 Å². The van der Waals surface area contributed by atoms with Crippen molar-refractivity contribution in [2.45, 2.75) is 33.1 Å². The van der Waals surface area contributed by atoms with Gasteiger partial charge in [0, 0.05) is 0 Å². The van der Waals surface area contributed by atoms with Crippen LogP contribution in [0.3, 0.4) is 0 Å². The van der Waals surface area contributed by atoms with E-state index in [1.54, 1.807) is 6.92 Å². The third-order valence-electron chi connectivity index (χ3n) is 4.28. The average Bonchev–Trinajstić information content (AvgIpc) is 2.63. The standard InChI is InChI=1S/C20H22N2O3/c1-4-17-18(16-12-8-10-14-9-6-7-11-15(14)16)19(13(3)21-22-17)25-20(23)24-5-2/h6-12,18,21H,4-5H2,1-3H3. The van der Waals surface area contributed by atoms with Crippen molar-refractivity contribution < 1.29 is 14.3 Å². The quantitative estimate of drug-likeness (QED) is 0.821. The van der Waals surface area contributed by atoms with E-state index in [-0.39, 0.29) is 12.5 Å². The number of fused-ring (bicyclic) bond motifs is 1. The second-order valence-electron chi connectivity index (χ2n) is 5.84. The number of rotatable bonds is 4. The number of hydrogen-bond acceptors (Lipinski definition) is 5. The van der Waals surface area contributed by atoms with Crippen LogP contribution >= 0.6 is 0 Å². The molecule has 0 saturated heterocycles. The molecule has 1 unspecified atom stereocenters. The minimum absolute atomic E-state index is 0.221. The van der Waals surface area contributed by atoms with Gasteiger partial charge in [0.05, 0.1) is 23.9 Å². The van der Waals surface area contributed by atoms with Gasteiger partial charge in [0.15, 0.2) is 0 Å². The van der Waals surface area contributed by atoms with Crippen LogP contribution < -0.4 is 5.43 Å². The summed E-state index contributed by atoms with van der Waals surface area (Å²) in [4.78, 5) is 11.9. The first kappa shape index (κ1) is 17.0. The van der Waals surface area contributed by atoms with Crippen LogP contribution in [0.1, 0.15) is 38.7 Å². The fourth-order valence-electron chi connectivity index (χ4n) is 3.12. The normalized spacial score (nSPS) is 17.1. The second-order valence-corrected chi connectivity index (χ2v) is 5.84. The van der Waals surface area contributed by atoms with Crippen LogP contribution in [0, 0.1) is 0 Å². The first-order chi connectivity index (χ1) is 12.2. The average molecular weight is 338 g/mol. The Balaban J connectivity index is 2.11. The van der Waals surface area contributed by atoms with E-state index >= 15 is 0 Å². The number of carbonyl (C=O) groups is 1. The zero-order valence-corrected chi connectivity index (χ0v) is 14.7. The SMILES string of the molecule is CCOC(=O)OC1=C(C)NN=C(CC)C1c1cccc2ccccc12. The number of hydrogen-bond donors (Lipinski definition) is 1. The predicted octanol–water partition coefficient (Wildman–Crippen LogP) is 4.70. The van der Waals surface area contributed by atoms with Crippen molar-refractivity contribution in [3.05, 3.63) is 59.5 Å². The molecule has 0 fully saturated rings. The molecule has 0 aliphatic carbocycles. The van der Waals surface area contributed by atoms with Gasteiger partial charge in [-0.25, -0.2) is 4.79 Å². The summed E-state index contributed by atoms with van der Waals surface area (Å²) in [5, 5.41) is 6.74. The van der Waals surface area contributed by atoms with Crippen LogP contribution in [0.25, 0.3) is 10.8 Å².